The van der Waals surface area contributed by atoms with Gasteiger partial charge in [0.2, 0.25) is 11.8 Å². The topological polar surface area (TPSA) is 94.0 Å². The summed E-state index contributed by atoms with van der Waals surface area (Å²) in [6, 6.07) is 0. The van der Waals surface area contributed by atoms with E-state index < -0.39 is 11.0 Å². The molecule has 0 saturated heterocycles. The van der Waals surface area contributed by atoms with Crippen LogP contribution in [0.4, 0.5) is 0 Å². The maximum atomic E-state index is 12.0. The molecule has 0 aliphatic rings. The second-order valence-electron chi connectivity index (χ2n) is 5.26. The summed E-state index contributed by atoms with van der Waals surface area (Å²) < 4.78 is 4.81. The molecular weight excluding hydrogens is 220 g/mol. The maximum absolute atomic E-state index is 12.0. The van der Waals surface area contributed by atoms with E-state index in [9.17, 15) is 4.79 Å². The van der Waals surface area contributed by atoms with E-state index in [1.165, 1.54) is 0 Å². The van der Waals surface area contributed by atoms with Crippen molar-refractivity contribution in [2.75, 3.05) is 0 Å². The molecule has 0 unspecified atom stereocenters. The van der Waals surface area contributed by atoms with Crippen LogP contribution in [-0.2, 0) is 11.3 Å². The zero-order valence-electron chi connectivity index (χ0n) is 11.0. The third kappa shape index (κ3) is 3.03. The standard InChI is InChI=1S/C11H20N4O2/c1-7-14-8(15-17-7)6-13-9(16)10(2,3)11(4,5)12/h6,12H2,1-5H3,(H,13,16). The highest BCUT2D eigenvalue weighted by atomic mass is 16.5. The number of aromatic nitrogens is 2. The molecule has 0 fully saturated rings. The molecule has 0 spiro atoms. The summed E-state index contributed by atoms with van der Waals surface area (Å²) in [5.41, 5.74) is 4.69. The monoisotopic (exact) mass is 240 g/mol. The van der Waals surface area contributed by atoms with Gasteiger partial charge in [-0.15, -0.1) is 0 Å². The zero-order chi connectivity index (χ0) is 13.3. The van der Waals surface area contributed by atoms with Crippen molar-refractivity contribution in [3.8, 4) is 0 Å². The van der Waals surface area contributed by atoms with Gasteiger partial charge < -0.3 is 15.6 Å². The van der Waals surface area contributed by atoms with E-state index in [1.807, 2.05) is 27.7 Å². The smallest absolute Gasteiger partial charge is 0.227 e. The fourth-order valence-electron chi connectivity index (χ4n) is 1.09. The van der Waals surface area contributed by atoms with Crippen molar-refractivity contribution in [1.82, 2.24) is 15.5 Å². The van der Waals surface area contributed by atoms with Gasteiger partial charge in [0.15, 0.2) is 5.82 Å². The first-order valence-corrected chi connectivity index (χ1v) is 5.51. The third-order valence-corrected chi connectivity index (χ3v) is 3.16. The van der Waals surface area contributed by atoms with Crippen LogP contribution in [0, 0.1) is 12.3 Å². The van der Waals surface area contributed by atoms with E-state index in [2.05, 4.69) is 15.5 Å². The fourth-order valence-corrected chi connectivity index (χ4v) is 1.09. The van der Waals surface area contributed by atoms with E-state index in [0.717, 1.165) is 0 Å². The molecule has 0 aliphatic heterocycles. The van der Waals surface area contributed by atoms with Crippen molar-refractivity contribution >= 4 is 5.91 Å². The lowest BCUT2D eigenvalue weighted by Gasteiger charge is -2.36. The van der Waals surface area contributed by atoms with Crippen molar-refractivity contribution in [2.24, 2.45) is 11.1 Å². The molecule has 6 nitrogen and oxygen atoms in total. The number of nitrogens with zero attached hydrogens (tertiary/aromatic N) is 2. The fraction of sp³-hybridized carbons (Fsp3) is 0.727. The highest BCUT2D eigenvalue weighted by molar-refractivity contribution is 5.83. The minimum absolute atomic E-state index is 0.132. The molecular formula is C11H20N4O2. The number of hydrogen-bond donors (Lipinski definition) is 2. The lowest BCUT2D eigenvalue weighted by Crippen LogP contribution is -2.55. The summed E-state index contributed by atoms with van der Waals surface area (Å²) in [7, 11) is 0. The van der Waals surface area contributed by atoms with Crippen LogP contribution in [0.15, 0.2) is 4.52 Å². The number of nitrogens with one attached hydrogen (secondary N) is 1. The number of nitrogens with two attached hydrogens (primary N) is 1. The van der Waals surface area contributed by atoms with Crippen molar-refractivity contribution < 1.29 is 9.32 Å². The van der Waals surface area contributed by atoms with Gasteiger partial charge in [-0.1, -0.05) is 5.16 Å². The van der Waals surface area contributed by atoms with Crippen molar-refractivity contribution in [1.29, 1.82) is 0 Å². The summed E-state index contributed by atoms with van der Waals surface area (Å²) >= 11 is 0. The lowest BCUT2D eigenvalue weighted by atomic mass is 9.74. The Kier molecular flexibility index (Phi) is 3.56. The highest BCUT2D eigenvalue weighted by Gasteiger charge is 2.40. The molecule has 3 N–H and O–H groups in total. The molecule has 0 radical (unpaired) electrons. The summed E-state index contributed by atoms with van der Waals surface area (Å²) in [5.74, 6) is 0.807. The Bertz CT molecular complexity index is 404. The van der Waals surface area contributed by atoms with Crippen molar-refractivity contribution in [3.63, 3.8) is 0 Å². The Labute approximate surface area is 101 Å². The van der Waals surface area contributed by atoms with Gasteiger partial charge in [-0.05, 0) is 27.7 Å². The van der Waals surface area contributed by atoms with E-state index in [1.54, 1.807) is 6.92 Å². The minimum Gasteiger partial charge on any atom is -0.348 e. The Morgan fingerprint density at radius 2 is 2.00 bits per heavy atom. The van der Waals surface area contributed by atoms with E-state index in [0.29, 0.717) is 11.7 Å². The van der Waals surface area contributed by atoms with Crippen LogP contribution in [0.5, 0.6) is 0 Å². The van der Waals surface area contributed by atoms with Crippen LogP contribution in [0.2, 0.25) is 0 Å². The Morgan fingerprint density at radius 3 is 2.41 bits per heavy atom. The van der Waals surface area contributed by atoms with Gasteiger partial charge in [0.05, 0.1) is 12.0 Å². The third-order valence-electron chi connectivity index (χ3n) is 3.16. The maximum Gasteiger partial charge on any atom is 0.227 e. The first-order valence-electron chi connectivity index (χ1n) is 5.51. The van der Waals surface area contributed by atoms with Crippen LogP contribution in [0.25, 0.3) is 0 Å². The van der Waals surface area contributed by atoms with Crippen molar-refractivity contribution in [2.45, 2.75) is 46.7 Å². The molecule has 1 heterocycles. The summed E-state index contributed by atoms with van der Waals surface area (Å²) in [6.45, 7) is 9.21. The first-order chi connectivity index (χ1) is 7.64. The van der Waals surface area contributed by atoms with Crippen LogP contribution in [0.3, 0.4) is 0 Å². The first kappa shape index (κ1) is 13.6. The molecule has 0 saturated carbocycles. The molecule has 96 valence electrons. The second kappa shape index (κ2) is 4.44. The normalized spacial score (nSPS) is 12.6. The molecule has 1 aromatic rings. The largest absolute Gasteiger partial charge is 0.348 e. The Balaban J connectivity index is 2.61. The molecule has 0 aliphatic carbocycles. The number of aryl methyl sites for hydroxylation is 1. The van der Waals surface area contributed by atoms with Gasteiger partial charge in [-0.2, -0.15) is 4.98 Å². The number of rotatable bonds is 4. The predicted molar refractivity (Wildman–Crippen MR) is 62.9 cm³/mol. The molecule has 0 aromatic carbocycles. The molecule has 1 amide bonds. The Hall–Kier alpha value is -1.43. The van der Waals surface area contributed by atoms with Gasteiger partial charge in [0, 0.05) is 12.5 Å². The van der Waals surface area contributed by atoms with Gasteiger partial charge in [-0.3, -0.25) is 4.79 Å². The average Bonchev–Trinajstić information content (AvgIpc) is 2.58. The van der Waals surface area contributed by atoms with Gasteiger partial charge in [-0.25, -0.2) is 0 Å². The molecule has 6 heteroatoms. The lowest BCUT2D eigenvalue weighted by molar-refractivity contribution is -0.132. The highest BCUT2D eigenvalue weighted by Crippen LogP contribution is 2.28. The van der Waals surface area contributed by atoms with Crippen molar-refractivity contribution in [3.05, 3.63) is 11.7 Å². The van der Waals surface area contributed by atoms with Gasteiger partial charge in [0.1, 0.15) is 0 Å². The van der Waals surface area contributed by atoms with E-state index in [4.69, 9.17) is 10.3 Å². The van der Waals surface area contributed by atoms with E-state index in [-0.39, 0.29) is 12.5 Å². The van der Waals surface area contributed by atoms with Crippen LogP contribution in [0.1, 0.15) is 39.4 Å². The molecule has 0 bridgehead atoms. The molecule has 1 rings (SSSR count). The van der Waals surface area contributed by atoms with Gasteiger partial charge >= 0.3 is 0 Å². The molecule has 0 atom stereocenters. The molecule has 17 heavy (non-hydrogen) atoms. The average molecular weight is 240 g/mol. The van der Waals surface area contributed by atoms with Crippen LogP contribution >= 0.6 is 0 Å². The van der Waals surface area contributed by atoms with Gasteiger partial charge in [0.25, 0.3) is 0 Å². The number of amides is 1. The van der Waals surface area contributed by atoms with E-state index >= 15 is 0 Å². The number of carbonyl (C=O) groups excluding carboxylic acids is 1. The number of carbonyl (C=O) groups is 1. The number of hydrogen-bond acceptors (Lipinski definition) is 5. The van der Waals surface area contributed by atoms with Crippen LogP contribution < -0.4 is 11.1 Å². The zero-order valence-corrected chi connectivity index (χ0v) is 11.0. The quantitative estimate of drug-likeness (QED) is 0.810. The minimum atomic E-state index is -0.675. The Morgan fingerprint density at radius 1 is 1.41 bits per heavy atom. The molecule has 1 aromatic heterocycles. The predicted octanol–water partition coefficient (Wildman–Crippen LogP) is 0.758. The summed E-state index contributed by atoms with van der Waals surface area (Å²) in [4.78, 5) is 16.0. The summed E-state index contributed by atoms with van der Waals surface area (Å²) in [6.07, 6.45) is 0. The second-order valence-corrected chi connectivity index (χ2v) is 5.26. The summed E-state index contributed by atoms with van der Waals surface area (Å²) in [5, 5.41) is 6.46. The SMILES string of the molecule is Cc1nc(CNC(=O)C(C)(C)C(C)(C)N)no1. The van der Waals surface area contributed by atoms with Crippen LogP contribution in [-0.4, -0.2) is 21.6 Å².